The molecular formula is C22H37N7. The van der Waals surface area contributed by atoms with Crippen molar-refractivity contribution in [1.29, 1.82) is 5.41 Å². The monoisotopic (exact) mass is 399 g/mol. The minimum absolute atomic E-state index is 0.244. The van der Waals surface area contributed by atoms with Crippen molar-refractivity contribution in [2.24, 2.45) is 27.6 Å². The predicted octanol–water partition coefficient (Wildman–Crippen LogP) is 2.55. The van der Waals surface area contributed by atoms with Gasteiger partial charge in [0.25, 0.3) is 0 Å². The van der Waals surface area contributed by atoms with Crippen molar-refractivity contribution in [3.05, 3.63) is 41.5 Å². The van der Waals surface area contributed by atoms with Crippen molar-refractivity contribution in [3.8, 4) is 0 Å². The molecule has 0 saturated carbocycles. The fourth-order valence-electron chi connectivity index (χ4n) is 4.07. The van der Waals surface area contributed by atoms with Crippen LogP contribution in [0.5, 0.6) is 0 Å². The summed E-state index contributed by atoms with van der Waals surface area (Å²) in [5.41, 5.74) is 20.3. The van der Waals surface area contributed by atoms with E-state index in [1.807, 2.05) is 18.2 Å². The van der Waals surface area contributed by atoms with Crippen LogP contribution in [0.4, 0.5) is 0 Å². The van der Waals surface area contributed by atoms with Crippen LogP contribution in [0.2, 0.25) is 0 Å². The lowest BCUT2D eigenvalue weighted by Gasteiger charge is -2.41. The summed E-state index contributed by atoms with van der Waals surface area (Å²) in [6.45, 7) is 5.20. The summed E-state index contributed by atoms with van der Waals surface area (Å²) in [5, 5.41) is 7.76. The SMILES string of the molecule is CCCC1(CN)CCN(/C(C=N)=N/C(N)=C/CCCc2ncccc2CN)CC1. The number of piperidine rings is 1. The number of aryl methyl sites for hydroxylation is 1. The van der Waals surface area contributed by atoms with Crippen LogP contribution in [-0.2, 0) is 13.0 Å². The molecule has 0 aromatic carbocycles. The van der Waals surface area contributed by atoms with Crippen LogP contribution in [0.3, 0.4) is 0 Å². The molecule has 0 unspecified atom stereocenters. The van der Waals surface area contributed by atoms with Crippen molar-refractivity contribution < 1.29 is 0 Å². The van der Waals surface area contributed by atoms with E-state index >= 15 is 0 Å². The van der Waals surface area contributed by atoms with Gasteiger partial charge in [0.1, 0.15) is 11.7 Å². The Morgan fingerprint density at radius 3 is 2.72 bits per heavy atom. The molecular weight excluding hydrogens is 362 g/mol. The molecule has 7 N–H and O–H groups in total. The Morgan fingerprint density at radius 2 is 2.10 bits per heavy atom. The molecule has 2 rings (SSSR count). The van der Waals surface area contributed by atoms with Gasteiger partial charge in [0.15, 0.2) is 0 Å². The van der Waals surface area contributed by atoms with Crippen LogP contribution in [0.1, 0.15) is 56.7 Å². The zero-order chi connectivity index (χ0) is 21.1. The number of hydrogen-bond donors (Lipinski definition) is 4. The van der Waals surface area contributed by atoms with Gasteiger partial charge in [-0.2, -0.15) is 0 Å². The third-order valence-electron chi connectivity index (χ3n) is 5.91. The lowest BCUT2D eigenvalue weighted by Crippen LogP contribution is -2.46. The molecule has 1 fully saturated rings. The average Bonchev–Trinajstić information content (AvgIpc) is 2.76. The lowest BCUT2D eigenvalue weighted by molar-refractivity contribution is 0.143. The van der Waals surface area contributed by atoms with Crippen LogP contribution in [0.15, 0.2) is 35.2 Å². The number of likely N-dealkylation sites (tertiary alicyclic amines) is 1. The summed E-state index contributed by atoms with van der Waals surface area (Å²) in [6.07, 6.45) is 12.1. The molecule has 1 aromatic heterocycles. The first-order chi connectivity index (χ1) is 14.1. The standard InChI is InChI=1S/C22H37N7/c1-2-9-22(17-25)10-13-29(14-11-22)21(16-24)28-20(26)8-4-3-7-19-18(15-23)6-5-12-27-19/h5-6,8,12,16,24H,2-4,7,9-11,13-15,17,23,25-26H2,1H3/b20-8+,24-16?,28-21+. The first-order valence-corrected chi connectivity index (χ1v) is 10.7. The Hall–Kier alpha value is -2.25. The molecule has 0 aliphatic carbocycles. The van der Waals surface area contributed by atoms with Gasteiger partial charge in [-0.25, -0.2) is 4.99 Å². The van der Waals surface area contributed by atoms with Crippen LogP contribution in [-0.4, -0.2) is 41.6 Å². The van der Waals surface area contributed by atoms with Gasteiger partial charge < -0.3 is 27.5 Å². The number of rotatable bonds is 10. The molecule has 1 aliphatic rings. The second-order valence-electron chi connectivity index (χ2n) is 7.89. The molecule has 29 heavy (non-hydrogen) atoms. The highest BCUT2D eigenvalue weighted by Gasteiger charge is 2.33. The molecule has 2 heterocycles. The number of unbranched alkanes of at least 4 members (excludes halogenated alkanes) is 1. The molecule has 0 amide bonds. The summed E-state index contributed by atoms with van der Waals surface area (Å²) in [6, 6.07) is 3.93. The van der Waals surface area contributed by atoms with E-state index in [0.29, 0.717) is 18.2 Å². The number of hydrogen-bond acceptors (Lipinski definition) is 6. The van der Waals surface area contributed by atoms with Crippen molar-refractivity contribution in [1.82, 2.24) is 9.88 Å². The fourth-order valence-corrected chi connectivity index (χ4v) is 4.07. The summed E-state index contributed by atoms with van der Waals surface area (Å²) < 4.78 is 0. The quantitative estimate of drug-likeness (QED) is 0.273. The van der Waals surface area contributed by atoms with Gasteiger partial charge in [-0.3, -0.25) is 4.98 Å². The highest BCUT2D eigenvalue weighted by molar-refractivity contribution is 6.28. The minimum atomic E-state index is 0.244. The number of nitrogens with two attached hydrogens (primary N) is 3. The zero-order valence-corrected chi connectivity index (χ0v) is 17.7. The Labute approximate surface area is 175 Å². The largest absolute Gasteiger partial charge is 0.384 e. The smallest absolute Gasteiger partial charge is 0.148 e. The van der Waals surface area contributed by atoms with Gasteiger partial charge >= 0.3 is 0 Å². The Bertz CT molecular complexity index is 703. The molecule has 0 radical (unpaired) electrons. The van der Waals surface area contributed by atoms with Crippen LogP contribution in [0, 0.1) is 10.8 Å². The number of aliphatic imine (C=N–C) groups is 1. The molecule has 1 aliphatic heterocycles. The van der Waals surface area contributed by atoms with Gasteiger partial charge in [0.2, 0.25) is 0 Å². The zero-order valence-electron chi connectivity index (χ0n) is 17.7. The van der Waals surface area contributed by atoms with Crippen LogP contribution in [0.25, 0.3) is 0 Å². The third-order valence-corrected chi connectivity index (χ3v) is 5.91. The van der Waals surface area contributed by atoms with Gasteiger partial charge in [0, 0.05) is 31.5 Å². The summed E-state index contributed by atoms with van der Waals surface area (Å²) in [4.78, 5) is 11.1. The highest BCUT2D eigenvalue weighted by atomic mass is 15.2. The van der Waals surface area contributed by atoms with E-state index in [1.54, 1.807) is 6.20 Å². The lowest BCUT2D eigenvalue weighted by atomic mass is 9.75. The Kier molecular flexibility index (Phi) is 9.28. The Balaban J connectivity index is 1.89. The molecule has 7 heteroatoms. The van der Waals surface area contributed by atoms with Crippen LogP contribution >= 0.6 is 0 Å². The highest BCUT2D eigenvalue weighted by Crippen LogP contribution is 2.35. The fraction of sp³-hybridized carbons (Fsp3) is 0.591. The van der Waals surface area contributed by atoms with Crippen molar-refractivity contribution in [2.45, 2.75) is 58.4 Å². The van der Waals surface area contributed by atoms with E-state index in [4.69, 9.17) is 22.6 Å². The first-order valence-electron chi connectivity index (χ1n) is 10.7. The minimum Gasteiger partial charge on any atom is -0.384 e. The molecule has 1 saturated heterocycles. The van der Waals surface area contributed by atoms with E-state index in [1.165, 1.54) is 12.6 Å². The molecule has 0 atom stereocenters. The molecule has 7 nitrogen and oxygen atoms in total. The predicted molar refractivity (Wildman–Crippen MR) is 121 cm³/mol. The van der Waals surface area contributed by atoms with E-state index < -0.39 is 0 Å². The van der Waals surface area contributed by atoms with Gasteiger partial charge in [0.05, 0.1) is 6.21 Å². The number of allylic oxidation sites excluding steroid dienone is 1. The summed E-state index contributed by atoms with van der Waals surface area (Å²) in [7, 11) is 0. The van der Waals surface area contributed by atoms with E-state index in [9.17, 15) is 0 Å². The van der Waals surface area contributed by atoms with Gasteiger partial charge in [-0.1, -0.05) is 19.4 Å². The summed E-state index contributed by atoms with van der Waals surface area (Å²) >= 11 is 0. The topological polar surface area (TPSA) is 130 Å². The molecule has 0 bridgehead atoms. The number of aromatic nitrogens is 1. The van der Waals surface area contributed by atoms with E-state index in [0.717, 1.165) is 69.4 Å². The molecule has 160 valence electrons. The average molecular weight is 400 g/mol. The summed E-state index contributed by atoms with van der Waals surface area (Å²) in [5.74, 6) is 1.10. The van der Waals surface area contributed by atoms with Gasteiger partial charge in [-0.05, 0) is 68.2 Å². The maximum absolute atomic E-state index is 7.76. The maximum Gasteiger partial charge on any atom is 0.148 e. The second-order valence-corrected chi connectivity index (χ2v) is 7.89. The number of nitrogens with zero attached hydrogens (tertiary/aromatic N) is 3. The maximum atomic E-state index is 7.76. The van der Waals surface area contributed by atoms with Gasteiger partial charge in [-0.15, -0.1) is 0 Å². The second kappa shape index (κ2) is 11.7. The Morgan fingerprint density at radius 1 is 1.34 bits per heavy atom. The molecule has 0 spiro atoms. The van der Waals surface area contributed by atoms with Crippen LogP contribution < -0.4 is 17.2 Å². The first kappa shape index (κ1) is 23.0. The molecule has 1 aromatic rings. The number of nitrogens with one attached hydrogen (secondary N) is 1. The van der Waals surface area contributed by atoms with Crippen molar-refractivity contribution in [2.75, 3.05) is 19.6 Å². The van der Waals surface area contributed by atoms with Crippen molar-refractivity contribution in [3.63, 3.8) is 0 Å². The normalized spacial score (nSPS) is 17.4. The number of pyridine rings is 1. The third kappa shape index (κ3) is 6.65. The number of amidine groups is 1. The van der Waals surface area contributed by atoms with E-state index in [2.05, 4.69) is 21.8 Å². The van der Waals surface area contributed by atoms with E-state index in [-0.39, 0.29) is 5.41 Å². The van der Waals surface area contributed by atoms with Crippen molar-refractivity contribution >= 4 is 12.1 Å².